The van der Waals surface area contributed by atoms with E-state index in [4.69, 9.17) is 16.2 Å². The van der Waals surface area contributed by atoms with Crippen molar-refractivity contribution in [2.24, 2.45) is 0 Å². The van der Waals surface area contributed by atoms with Crippen molar-refractivity contribution in [3.05, 3.63) is 35.9 Å². The van der Waals surface area contributed by atoms with Crippen molar-refractivity contribution in [2.45, 2.75) is 18.1 Å². The minimum absolute atomic E-state index is 0.232. The Bertz CT molecular complexity index is 289. The summed E-state index contributed by atoms with van der Waals surface area (Å²) in [6.45, 7) is 0. The predicted molar refractivity (Wildman–Crippen MR) is 60.0 cm³/mol. The lowest BCUT2D eigenvalue weighted by atomic mass is 10.1. The number of hydrogen-bond donors (Lipinski definition) is 1. The fraction of sp³-hybridized carbons (Fsp3) is 0.400. The SMILES string of the molecule is O=S(O)C(CCl)CCc1ccccc1. The van der Waals surface area contributed by atoms with Crippen molar-refractivity contribution in [2.75, 3.05) is 5.88 Å². The molecule has 0 saturated heterocycles. The van der Waals surface area contributed by atoms with Gasteiger partial charge in [-0.25, -0.2) is 4.21 Å². The van der Waals surface area contributed by atoms with E-state index in [0.29, 0.717) is 6.42 Å². The van der Waals surface area contributed by atoms with Gasteiger partial charge in [0.05, 0.1) is 5.25 Å². The first kappa shape index (κ1) is 11.7. The normalized spacial score (nSPS) is 15.0. The zero-order valence-electron chi connectivity index (χ0n) is 7.73. The highest BCUT2D eigenvalue weighted by Crippen LogP contribution is 2.09. The zero-order valence-corrected chi connectivity index (χ0v) is 9.30. The molecule has 78 valence electrons. The lowest BCUT2D eigenvalue weighted by Gasteiger charge is -2.08. The number of alkyl halides is 1. The van der Waals surface area contributed by atoms with Crippen molar-refractivity contribution < 1.29 is 8.76 Å². The molecule has 0 bridgehead atoms. The Morgan fingerprint density at radius 3 is 2.50 bits per heavy atom. The first-order chi connectivity index (χ1) is 6.74. The van der Waals surface area contributed by atoms with Gasteiger partial charge in [-0.1, -0.05) is 30.3 Å². The summed E-state index contributed by atoms with van der Waals surface area (Å²) < 4.78 is 19.7. The Hall–Kier alpha value is -0.380. The van der Waals surface area contributed by atoms with Crippen LogP contribution in [-0.2, 0) is 17.5 Å². The Morgan fingerprint density at radius 2 is 2.00 bits per heavy atom. The van der Waals surface area contributed by atoms with Crippen LogP contribution in [0.4, 0.5) is 0 Å². The molecular weight excluding hydrogens is 220 g/mol. The zero-order chi connectivity index (χ0) is 10.4. The first-order valence-electron chi connectivity index (χ1n) is 4.43. The minimum atomic E-state index is -1.81. The molecule has 0 aliphatic carbocycles. The van der Waals surface area contributed by atoms with Gasteiger partial charge >= 0.3 is 0 Å². The van der Waals surface area contributed by atoms with Crippen molar-refractivity contribution in [1.29, 1.82) is 0 Å². The van der Waals surface area contributed by atoms with E-state index in [1.807, 2.05) is 30.3 Å². The Balaban J connectivity index is 2.44. The molecule has 2 atom stereocenters. The van der Waals surface area contributed by atoms with Gasteiger partial charge in [0.1, 0.15) is 0 Å². The van der Waals surface area contributed by atoms with Crippen molar-refractivity contribution in [3.8, 4) is 0 Å². The molecule has 2 nitrogen and oxygen atoms in total. The molecule has 0 saturated carbocycles. The van der Waals surface area contributed by atoms with E-state index < -0.39 is 11.1 Å². The van der Waals surface area contributed by atoms with E-state index in [9.17, 15) is 4.21 Å². The summed E-state index contributed by atoms with van der Waals surface area (Å²) in [5.74, 6) is 0.232. The van der Waals surface area contributed by atoms with Gasteiger partial charge in [-0.2, -0.15) is 0 Å². The molecule has 0 spiro atoms. The van der Waals surface area contributed by atoms with E-state index in [1.165, 1.54) is 5.56 Å². The van der Waals surface area contributed by atoms with Crippen LogP contribution in [0, 0.1) is 0 Å². The number of aryl methyl sites for hydroxylation is 1. The standard InChI is InChI=1S/C10H13ClO2S/c11-8-10(14(12)13)7-6-9-4-2-1-3-5-9/h1-5,10H,6-8H2,(H,12,13). The summed E-state index contributed by atoms with van der Waals surface area (Å²) in [5.41, 5.74) is 1.17. The highest BCUT2D eigenvalue weighted by atomic mass is 35.5. The number of halogens is 1. The lowest BCUT2D eigenvalue weighted by Crippen LogP contribution is -2.17. The van der Waals surface area contributed by atoms with Crippen LogP contribution in [0.3, 0.4) is 0 Å². The van der Waals surface area contributed by atoms with Gasteiger partial charge in [-0.15, -0.1) is 11.6 Å². The second-order valence-electron chi connectivity index (χ2n) is 3.08. The molecule has 0 heterocycles. The van der Waals surface area contributed by atoms with Crippen LogP contribution in [0.2, 0.25) is 0 Å². The van der Waals surface area contributed by atoms with Gasteiger partial charge in [0, 0.05) is 5.88 Å². The molecule has 0 amide bonds. The lowest BCUT2D eigenvalue weighted by molar-refractivity contribution is 0.546. The molecule has 0 fully saturated rings. The molecule has 1 rings (SSSR count). The fourth-order valence-electron chi connectivity index (χ4n) is 1.20. The molecular formula is C10H13ClO2S. The summed E-state index contributed by atoms with van der Waals surface area (Å²) >= 11 is 3.77. The average molecular weight is 233 g/mol. The second-order valence-corrected chi connectivity index (χ2v) is 4.60. The molecule has 2 unspecified atom stereocenters. The van der Waals surface area contributed by atoms with Gasteiger partial charge in [0.2, 0.25) is 0 Å². The second kappa shape index (κ2) is 6.17. The van der Waals surface area contributed by atoms with Crippen molar-refractivity contribution in [1.82, 2.24) is 0 Å². The summed E-state index contributed by atoms with van der Waals surface area (Å²) in [5, 5.41) is -0.322. The first-order valence-corrected chi connectivity index (χ1v) is 6.14. The predicted octanol–water partition coefficient (Wildman–Crippen LogP) is 2.45. The minimum Gasteiger partial charge on any atom is -0.306 e. The highest BCUT2D eigenvalue weighted by Gasteiger charge is 2.13. The van der Waals surface area contributed by atoms with Gasteiger partial charge in [0.25, 0.3) is 0 Å². The highest BCUT2D eigenvalue weighted by molar-refractivity contribution is 7.80. The van der Waals surface area contributed by atoms with Crippen LogP contribution >= 0.6 is 11.6 Å². The smallest absolute Gasteiger partial charge is 0.157 e. The number of rotatable bonds is 5. The van der Waals surface area contributed by atoms with E-state index in [0.717, 1.165) is 6.42 Å². The van der Waals surface area contributed by atoms with E-state index in [1.54, 1.807) is 0 Å². The van der Waals surface area contributed by atoms with Crippen LogP contribution in [-0.4, -0.2) is 19.9 Å². The molecule has 1 aromatic rings. The molecule has 0 aliphatic heterocycles. The molecule has 0 radical (unpaired) electrons. The monoisotopic (exact) mass is 232 g/mol. The number of benzene rings is 1. The third kappa shape index (κ3) is 3.78. The molecule has 14 heavy (non-hydrogen) atoms. The topological polar surface area (TPSA) is 37.3 Å². The van der Waals surface area contributed by atoms with Crippen LogP contribution in [0.25, 0.3) is 0 Å². The number of hydrogen-bond acceptors (Lipinski definition) is 1. The summed E-state index contributed by atoms with van der Waals surface area (Å²) in [6, 6.07) is 9.88. The summed E-state index contributed by atoms with van der Waals surface area (Å²) in [7, 11) is 0. The Morgan fingerprint density at radius 1 is 1.36 bits per heavy atom. The molecule has 1 N–H and O–H groups in total. The molecule has 0 aromatic heterocycles. The maximum absolute atomic E-state index is 10.8. The van der Waals surface area contributed by atoms with Crippen LogP contribution in [0.5, 0.6) is 0 Å². The molecule has 1 aromatic carbocycles. The fourth-order valence-corrected chi connectivity index (χ4v) is 2.11. The van der Waals surface area contributed by atoms with Crippen molar-refractivity contribution >= 4 is 22.7 Å². The Kier molecular flexibility index (Phi) is 5.15. The van der Waals surface area contributed by atoms with Gasteiger partial charge in [-0.3, -0.25) is 0 Å². The average Bonchev–Trinajstić information content (AvgIpc) is 2.20. The third-order valence-corrected chi connectivity index (χ3v) is 3.58. The van der Waals surface area contributed by atoms with Crippen LogP contribution in [0.1, 0.15) is 12.0 Å². The summed E-state index contributed by atoms with van der Waals surface area (Å²) in [6.07, 6.45) is 1.45. The maximum Gasteiger partial charge on any atom is 0.157 e. The third-order valence-electron chi connectivity index (χ3n) is 2.06. The largest absolute Gasteiger partial charge is 0.306 e. The van der Waals surface area contributed by atoms with Gasteiger partial charge < -0.3 is 4.55 Å². The Labute approximate surface area is 91.6 Å². The van der Waals surface area contributed by atoms with Crippen LogP contribution < -0.4 is 0 Å². The van der Waals surface area contributed by atoms with Crippen molar-refractivity contribution in [3.63, 3.8) is 0 Å². The molecule has 0 aliphatic rings. The van der Waals surface area contributed by atoms with Gasteiger partial charge in [0.15, 0.2) is 11.1 Å². The van der Waals surface area contributed by atoms with E-state index >= 15 is 0 Å². The quantitative estimate of drug-likeness (QED) is 0.626. The van der Waals surface area contributed by atoms with Gasteiger partial charge in [-0.05, 0) is 18.4 Å². The van der Waals surface area contributed by atoms with E-state index in [-0.39, 0.29) is 11.1 Å². The molecule has 4 heteroatoms. The maximum atomic E-state index is 10.8. The van der Waals surface area contributed by atoms with Crippen LogP contribution in [0.15, 0.2) is 30.3 Å². The summed E-state index contributed by atoms with van der Waals surface area (Å²) in [4.78, 5) is 0. The van der Waals surface area contributed by atoms with E-state index in [2.05, 4.69) is 0 Å².